The fraction of sp³-hybridized carbons (Fsp3) is 0.100. The summed E-state index contributed by atoms with van der Waals surface area (Å²) in [4.78, 5) is 32.9. The SMILES string of the molecule is CCC(=O)c1cc(Oc2cncc(Cl)n2)ccc1NC(=O)c1ccc(Cl)cc1Cl. The number of amides is 1. The quantitative estimate of drug-likeness (QED) is 0.461. The van der Waals surface area contributed by atoms with Crippen LogP contribution in [0, 0.1) is 0 Å². The minimum absolute atomic E-state index is 0.176. The fourth-order valence-corrected chi connectivity index (χ4v) is 3.11. The van der Waals surface area contributed by atoms with Gasteiger partial charge in [-0.05, 0) is 36.4 Å². The van der Waals surface area contributed by atoms with Gasteiger partial charge in [-0.25, -0.2) is 0 Å². The van der Waals surface area contributed by atoms with Crippen molar-refractivity contribution < 1.29 is 14.3 Å². The van der Waals surface area contributed by atoms with Crippen molar-refractivity contribution in [1.29, 1.82) is 0 Å². The zero-order valence-corrected chi connectivity index (χ0v) is 17.3. The lowest BCUT2D eigenvalue weighted by atomic mass is 10.1. The summed E-state index contributed by atoms with van der Waals surface area (Å²) in [6.07, 6.45) is 3.01. The van der Waals surface area contributed by atoms with Crippen molar-refractivity contribution in [3.05, 3.63) is 75.1 Å². The maximum atomic E-state index is 12.6. The van der Waals surface area contributed by atoms with E-state index in [9.17, 15) is 9.59 Å². The third-order valence-electron chi connectivity index (χ3n) is 3.84. The predicted octanol–water partition coefficient (Wildman–Crippen LogP) is 6.07. The van der Waals surface area contributed by atoms with E-state index < -0.39 is 5.91 Å². The molecule has 29 heavy (non-hydrogen) atoms. The van der Waals surface area contributed by atoms with Crippen LogP contribution >= 0.6 is 34.8 Å². The van der Waals surface area contributed by atoms with Gasteiger partial charge in [-0.15, -0.1) is 0 Å². The van der Waals surface area contributed by atoms with Gasteiger partial charge in [0.25, 0.3) is 5.91 Å². The molecule has 1 N–H and O–H groups in total. The van der Waals surface area contributed by atoms with Crippen molar-refractivity contribution in [3.63, 3.8) is 0 Å². The van der Waals surface area contributed by atoms with Crippen molar-refractivity contribution in [2.45, 2.75) is 13.3 Å². The molecule has 1 aromatic heterocycles. The highest BCUT2D eigenvalue weighted by Gasteiger charge is 2.17. The molecule has 1 heterocycles. The van der Waals surface area contributed by atoms with Crippen LogP contribution in [0.2, 0.25) is 15.2 Å². The number of hydrogen-bond acceptors (Lipinski definition) is 5. The molecule has 0 spiro atoms. The Bertz CT molecular complexity index is 1090. The number of anilines is 1. The third kappa shape index (κ3) is 5.23. The number of nitrogens with one attached hydrogen (secondary N) is 1. The Balaban J connectivity index is 1.89. The average molecular weight is 451 g/mol. The van der Waals surface area contributed by atoms with Crippen molar-refractivity contribution in [2.75, 3.05) is 5.32 Å². The number of rotatable bonds is 6. The monoisotopic (exact) mass is 449 g/mol. The Morgan fingerprint density at radius 2 is 1.83 bits per heavy atom. The summed E-state index contributed by atoms with van der Waals surface area (Å²) < 4.78 is 5.61. The van der Waals surface area contributed by atoms with Crippen LogP contribution in [0.3, 0.4) is 0 Å². The number of carbonyl (C=O) groups excluding carboxylic acids is 2. The molecule has 0 aliphatic heterocycles. The topological polar surface area (TPSA) is 81.2 Å². The number of halogens is 3. The minimum atomic E-state index is -0.466. The standard InChI is InChI=1S/C20H14Cl3N3O3/c1-2-17(27)14-8-12(29-19-10-24-9-18(23)26-19)4-6-16(14)25-20(28)13-5-3-11(21)7-15(13)22/h3-10H,2H2,1H3,(H,25,28). The normalized spacial score (nSPS) is 10.5. The second kappa shape index (κ2) is 9.22. The van der Waals surface area contributed by atoms with Crippen molar-refractivity contribution in [2.24, 2.45) is 0 Å². The zero-order chi connectivity index (χ0) is 21.0. The number of carbonyl (C=O) groups is 2. The average Bonchev–Trinajstić information content (AvgIpc) is 2.68. The summed E-state index contributed by atoms with van der Waals surface area (Å²) >= 11 is 17.8. The van der Waals surface area contributed by atoms with Crippen molar-refractivity contribution >= 4 is 52.2 Å². The highest BCUT2D eigenvalue weighted by molar-refractivity contribution is 6.37. The molecular weight excluding hydrogens is 437 g/mol. The van der Waals surface area contributed by atoms with Gasteiger partial charge >= 0.3 is 0 Å². The van der Waals surface area contributed by atoms with E-state index in [1.165, 1.54) is 30.6 Å². The molecule has 0 aliphatic rings. The molecule has 3 rings (SSSR count). The molecular formula is C20H14Cl3N3O3. The van der Waals surface area contributed by atoms with Gasteiger partial charge in [-0.1, -0.05) is 41.7 Å². The van der Waals surface area contributed by atoms with Gasteiger partial charge in [0.2, 0.25) is 5.88 Å². The first-order chi connectivity index (χ1) is 13.9. The molecule has 0 bridgehead atoms. The Morgan fingerprint density at radius 1 is 1.03 bits per heavy atom. The number of Topliss-reactive ketones (excluding diaryl/α,β-unsaturated/α-hetero) is 1. The number of benzene rings is 2. The Labute approximate surface area is 181 Å². The van der Waals surface area contributed by atoms with Crippen LogP contribution < -0.4 is 10.1 Å². The molecule has 0 saturated heterocycles. The van der Waals surface area contributed by atoms with Crippen LogP contribution in [0.5, 0.6) is 11.6 Å². The lowest BCUT2D eigenvalue weighted by molar-refractivity contribution is 0.0988. The zero-order valence-electron chi connectivity index (χ0n) is 15.1. The molecule has 0 saturated carbocycles. The van der Waals surface area contributed by atoms with E-state index in [1.54, 1.807) is 25.1 Å². The molecule has 0 fully saturated rings. The van der Waals surface area contributed by atoms with E-state index in [4.69, 9.17) is 39.5 Å². The van der Waals surface area contributed by atoms with E-state index >= 15 is 0 Å². The minimum Gasteiger partial charge on any atom is -0.437 e. The van der Waals surface area contributed by atoms with Crippen molar-refractivity contribution in [1.82, 2.24) is 9.97 Å². The van der Waals surface area contributed by atoms with Gasteiger partial charge in [0.15, 0.2) is 10.9 Å². The fourth-order valence-electron chi connectivity index (χ4n) is 2.48. The van der Waals surface area contributed by atoms with Crippen LogP contribution in [0.4, 0.5) is 5.69 Å². The van der Waals surface area contributed by atoms with Gasteiger partial charge < -0.3 is 10.1 Å². The van der Waals surface area contributed by atoms with Gasteiger partial charge in [0.05, 0.1) is 28.7 Å². The summed E-state index contributed by atoms with van der Waals surface area (Å²) in [6, 6.07) is 9.22. The summed E-state index contributed by atoms with van der Waals surface area (Å²) in [5, 5.41) is 3.51. The summed E-state index contributed by atoms with van der Waals surface area (Å²) in [7, 11) is 0. The largest absolute Gasteiger partial charge is 0.437 e. The van der Waals surface area contributed by atoms with Crippen LogP contribution in [0.1, 0.15) is 34.1 Å². The number of hydrogen-bond donors (Lipinski definition) is 1. The Kier molecular flexibility index (Phi) is 6.69. The molecule has 0 unspecified atom stereocenters. The van der Waals surface area contributed by atoms with Crippen LogP contribution in [-0.4, -0.2) is 21.7 Å². The molecule has 1 amide bonds. The van der Waals surface area contributed by atoms with Crippen LogP contribution in [0.15, 0.2) is 48.8 Å². The van der Waals surface area contributed by atoms with Gasteiger partial charge in [0.1, 0.15) is 5.75 Å². The number of ether oxygens (including phenoxy) is 1. The lowest BCUT2D eigenvalue weighted by Crippen LogP contribution is -2.15. The Morgan fingerprint density at radius 3 is 2.52 bits per heavy atom. The van der Waals surface area contributed by atoms with Crippen molar-refractivity contribution in [3.8, 4) is 11.6 Å². The van der Waals surface area contributed by atoms with Gasteiger partial charge in [0, 0.05) is 17.0 Å². The third-order valence-corrected chi connectivity index (χ3v) is 4.57. The Hall–Kier alpha value is -2.67. The molecule has 148 valence electrons. The summed E-state index contributed by atoms with van der Waals surface area (Å²) in [5.41, 5.74) is 0.858. The molecule has 0 aliphatic carbocycles. The first-order valence-corrected chi connectivity index (χ1v) is 9.60. The molecule has 2 aromatic carbocycles. The second-order valence-electron chi connectivity index (χ2n) is 5.84. The molecule has 3 aromatic rings. The predicted molar refractivity (Wildman–Crippen MR) is 113 cm³/mol. The maximum absolute atomic E-state index is 12.6. The van der Waals surface area contributed by atoms with E-state index in [2.05, 4.69) is 15.3 Å². The lowest BCUT2D eigenvalue weighted by Gasteiger charge is -2.13. The first kappa shape index (κ1) is 21.0. The van der Waals surface area contributed by atoms with E-state index in [0.29, 0.717) is 22.0 Å². The first-order valence-electron chi connectivity index (χ1n) is 8.46. The maximum Gasteiger partial charge on any atom is 0.257 e. The molecule has 0 radical (unpaired) electrons. The second-order valence-corrected chi connectivity index (χ2v) is 7.08. The molecule has 6 nitrogen and oxygen atoms in total. The molecule has 0 atom stereocenters. The van der Waals surface area contributed by atoms with E-state index in [1.807, 2.05) is 0 Å². The van der Waals surface area contributed by atoms with E-state index in [-0.39, 0.29) is 33.8 Å². The summed E-state index contributed by atoms with van der Waals surface area (Å²) in [6.45, 7) is 1.72. The van der Waals surface area contributed by atoms with Crippen LogP contribution in [-0.2, 0) is 0 Å². The molecule has 9 heteroatoms. The highest BCUT2D eigenvalue weighted by Crippen LogP contribution is 2.28. The van der Waals surface area contributed by atoms with E-state index in [0.717, 1.165) is 0 Å². The van der Waals surface area contributed by atoms with Gasteiger partial charge in [-0.3, -0.25) is 14.6 Å². The highest BCUT2D eigenvalue weighted by atomic mass is 35.5. The number of ketones is 1. The van der Waals surface area contributed by atoms with Crippen LogP contribution in [0.25, 0.3) is 0 Å². The number of nitrogens with zero attached hydrogens (tertiary/aromatic N) is 2. The smallest absolute Gasteiger partial charge is 0.257 e. The summed E-state index contributed by atoms with van der Waals surface area (Å²) in [5.74, 6) is -0.116. The number of aromatic nitrogens is 2. The van der Waals surface area contributed by atoms with Gasteiger partial charge in [-0.2, -0.15) is 4.98 Å².